The summed E-state index contributed by atoms with van der Waals surface area (Å²) >= 11 is 0. The van der Waals surface area contributed by atoms with E-state index in [1.807, 2.05) is 0 Å². The van der Waals surface area contributed by atoms with Gasteiger partial charge in [0, 0.05) is 25.7 Å². The summed E-state index contributed by atoms with van der Waals surface area (Å²) < 4.78 is 67.4. The van der Waals surface area contributed by atoms with Crippen molar-refractivity contribution >= 4 is 39.5 Å². The van der Waals surface area contributed by atoms with E-state index < -0.39 is 97.5 Å². The maximum absolute atomic E-state index is 12.9. The molecule has 75 heavy (non-hydrogen) atoms. The Morgan fingerprint density at radius 2 is 0.680 bits per heavy atom. The van der Waals surface area contributed by atoms with Crippen molar-refractivity contribution in [2.45, 2.75) is 279 Å². The second kappa shape index (κ2) is 48.0. The van der Waals surface area contributed by atoms with Gasteiger partial charge in [-0.25, -0.2) is 9.13 Å². The van der Waals surface area contributed by atoms with Crippen LogP contribution in [-0.2, 0) is 65.4 Å². The van der Waals surface area contributed by atoms with Crippen LogP contribution in [0.3, 0.4) is 0 Å². The number of carbonyl (C=O) groups excluding carboxylic acids is 4. The number of ether oxygens (including phenoxy) is 4. The van der Waals surface area contributed by atoms with Crippen LogP contribution in [0.1, 0.15) is 260 Å². The first-order chi connectivity index (χ1) is 35.8. The molecule has 0 saturated heterocycles. The highest BCUT2D eigenvalue weighted by Crippen LogP contribution is 2.45. The molecule has 0 amide bonds. The molecule has 0 aromatic heterocycles. The third-order valence-electron chi connectivity index (χ3n) is 13.0. The SMILES string of the molecule is CCCCCCCC(=O)OC[C@H](COP(=O)(O)OC[C@H](O)COP(=O)(O)OC[C@@H](COC(=O)CCCCCCCCC(C)C)OC(=O)CCCCCCCCCCC(C)CC)OC(=O)CCCCCCCCC(C)C. The first kappa shape index (κ1) is 73.1. The second-order valence-electron chi connectivity index (χ2n) is 21.5. The van der Waals surface area contributed by atoms with Crippen molar-refractivity contribution in [3.05, 3.63) is 0 Å². The van der Waals surface area contributed by atoms with Crippen LogP contribution in [0, 0.1) is 17.8 Å². The standard InChI is InChI=1S/C56H108O17P2/c1-8-10-11-20-30-37-53(58)66-43-51(73-56(61)40-33-26-19-17-22-28-35-48(5)6)45-70-74(62,63)68-41-50(57)42-69-75(64,65)71-46-52(44-67-54(59)38-31-24-18-16-21-27-34-47(3)4)72-55(60)39-32-25-15-13-12-14-23-29-36-49(7)9-2/h47-52,57H,8-46H2,1-7H3,(H,62,63)(H,64,65)/t49?,50-,51+,52+/m0/s1. The zero-order chi connectivity index (χ0) is 56.0. The number of esters is 4. The fraction of sp³-hybridized carbons (Fsp3) is 0.929. The van der Waals surface area contributed by atoms with E-state index in [1.54, 1.807) is 0 Å². The molecule has 444 valence electrons. The fourth-order valence-corrected chi connectivity index (χ4v) is 9.61. The monoisotopic (exact) mass is 1110 g/mol. The summed E-state index contributed by atoms with van der Waals surface area (Å²) in [5.41, 5.74) is 0. The minimum Gasteiger partial charge on any atom is -0.462 e. The maximum atomic E-state index is 12.9. The molecule has 0 bridgehead atoms. The zero-order valence-corrected chi connectivity index (χ0v) is 49.8. The molecule has 0 aliphatic carbocycles. The minimum atomic E-state index is -4.93. The zero-order valence-electron chi connectivity index (χ0n) is 48.0. The van der Waals surface area contributed by atoms with E-state index in [2.05, 4.69) is 48.5 Å². The summed E-state index contributed by atoms with van der Waals surface area (Å²) in [4.78, 5) is 71.5. The van der Waals surface area contributed by atoms with Crippen molar-refractivity contribution in [1.29, 1.82) is 0 Å². The number of rotatable bonds is 54. The average molecular weight is 1120 g/mol. The number of hydrogen-bond donors (Lipinski definition) is 3. The average Bonchev–Trinajstić information content (AvgIpc) is 3.36. The van der Waals surface area contributed by atoms with Gasteiger partial charge < -0.3 is 33.8 Å². The quantitative estimate of drug-likeness (QED) is 0.0222. The second-order valence-corrected chi connectivity index (χ2v) is 24.4. The van der Waals surface area contributed by atoms with Gasteiger partial charge in [-0.2, -0.15) is 0 Å². The summed E-state index contributed by atoms with van der Waals surface area (Å²) in [7, 11) is -9.86. The highest BCUT2D eigenvalue weighted by atomic mass is 31.2. The molecule has 0 rings (SSSR count). The number of hydrogen-bond acceptors (Lipinski definition) is 15. The Balaban J connectivity index is 5.20. The van der Waals surface area contributed by atoms with E-state index >= 15 is 0 Å². The number of aliphatic hydroxyl groups is 1. The van der Waals surface area contributed by atoms with Gasteiger partial charge >= 0.3 is 39.5 Å². The van der Waals surface area contributed by atoms with Gasteiger partial charge in [-0.05, 0) is 43.4 Å². The van der Waals surface area contributed by atoms with Gasteiger partial charge in [0.2, 0.25) is 0 Å². The number of phosphoric acid groups is 2. The van der Waals surface area contributed by atoms with Gasteiger partial charge in [-0.1, -0.05) is 209 Å². The number of phosphoric ester groups is 2. The summed E-state index contributed by atoms with van der Waals surface area (Å²) in [5, 5.41) is 10.5. The minimum absolute atomic E-state index is 0.100. The van der Waals surface area contributed by atoms with Gasteiger partial charge in [0.1, 0.15) is 19.3 Å². The van der Waals surface area contributed by atoms with Crippen LogP contribution in [0.15, 0.2) is 0 Å². The third-order valence-corrected chi connectivity index (χ3v) is 14.9. The summed E-state index contributed by atoms with van der Waals surface area (Å²) in [6, 6.07) is 0. The lowest BCUT2D eigenvalue weighted by atomic mass is 9.99. The molecule has 0 heterocycles. The van der Waals surface area contributed by atoms with E-state index in [1.165, 1.54) is 57.8 Å². The molecule has 0 aromatic rings. The Hall–Kier alpha value is -1.94. The van der Waals surface area contributed by atoms with Crippen LogP contribution in [0.2, 0.25) is 0 Å². The van der Waals surface area contributed by atoms with Crippen molar-refractivity contribution in [2.24, 2.45) is 17.8 Å². The third kappa shape index (κ3) is 50.1. The van der Waals surface area contributed by atoms with E-state index in [0.717, 1.165) is 109 Å². The van der Waals surface area contributed by atoms with Crippen LogP contribution in [0.4, 0.5) is 0 Å². The normalized spacial score (nSPS) is 15.0. The summed E-state index contributed by atoms with van der Waals surface area (Å²) in [5.74, 6) is -0.0460. The molecule has 3 unspecified atom stereocenters. The molecule has 0 aromatic carbocycles. The topological polar surface area (TPSA) is 237 Å². The Bertz CT molecular complexity index is 1510. The lowest BCUT2D eigenvalue weighted by Crippen LogP contribution is -2.30. The van der Waals surface area contributed by atoms with Crippen LogP contribution < -0.4 is 0 Å². The Morgan fingerprint density at radius 1 is 0.387 bits per heavy atom. The molecule has 19 heteroatoms. The number of unbranched alkanes of at least 4 members (excludes halogenated alkanes) is 21. The smallest absolute Gasteiger partial charge is 0.462 e. The molecular formula is C56H108O17P2. The molecule has 0 fully saturated rings. The number of aliphatic hydroxyl groups excluding tert-OH is 1. The predicted octanol–water partition coefficient (Wildman–Crippen LogP) is 14.4. The van der Waals surface area contributed by atoms with Gasteiger partial charge in [0.05, 0.1) is 26.4 Å². The van der Waals surface area contributed by atoms with E-state index in [-0.39, 0.29) is 25.7 Å². The molecule has 0 saturated carbocycles. The first-order valence-electron chi connectivity index (χ1n) is 29.4. The lowest BCUT2D eigenvalue weighted by Gasteiger charge is -2.21. The molecule has 0 radical (unpaired) electrons. The fourth-order valence-electron chi connectivity index (χ4n) is 8.03. The van der Waals surface area contributed by atoms with Crippen LogP contribution in [0.25, 0.3) is 0 Å². The predicted molar refractivity (Wildman–Crippen MR) is 294 cm³/mol. The Kier molecular flexibility index (Phi) is 46.8. The first-order valence-corrected chi connectivity index (χ1v) is 32.4. The van der Waals surface area contributed by atoms with Gasteiger partial charge in [0.15, 0.2) is 12.2 Å². The lowest BCUT2D eigenvalue weighted by molar-refractivity contribution is -0.161. The van der Waals surface area contributed by atoms with Gasteiger partial charge in [-0.15, -0.1) is 0 Å². The van der Waals surface area contributed by atoms with Crippen LogP contribution in [0.5, 0.6) is 0 Å². The molecule has 0 aliphatic heterocycles. The Labute approximate surface area is 454 Å². The maximum Gasteiger partial charge on any atom is 0.472 e. The highest BCUT2D eigenvalue weighted by Gasteiger charge is 2.30. The van der Waals surface area contributed by atoms with Gasteiger partial charge in [-0.3, -0.25) is 37.3 Å². The Morgan fingerprint density at radius 3 is 1.01 bits per heavy atom. The molecule has 17 nitrogen and oxygen atoms in total. The molecular weight excluding hydrogens is 1010 g/mol. The van der Waals surface area contributed by atoms with Crippen molar-refractivity contribution in [3.8, 4) is 0 Å². The van der Waals surface area contributed by atoms with Crippen molar-refractivity contribution < 1.29 is 80.2 Å². The van der Waals surface area contributed by atoms with E-state index in [9.17, 15) is 43.2 Å². The van der Waals surface area contributed by atoms with Gasteiger partial charge in [0.25, 0.3) is 0 Å². The van der Waals surface area contributed by atoms with E-state index in [0.29, 0.717) is 37.5 Å². The van der Waals surface area contributed by atoms with Crippen molar-refractivity contribution in [1.82, 2.24) is 0 Å². The molecule has 6 atom stereocenters. The molecule has 3 N–H and O–H groups in total. The highest BCUT2D eigenvalue weighted by molar-refractivity contribution is 7.47. The molecule has 0 aliphatic rings. The summed E-state index contributed by atoms with van der Waals surface area (Å²) in [6.45, 7) is 11.5. The number of carbonyl (C=O) groups is 4. The van der Waals surface area contributed by atoms with Crippen LogP contribution >= 0.6 is 15.6 Å². The molecule has 0 spiro atoms. The largest absolute Gasteiger partial charge is 0.472 e. The summed E-state index contributed by atoms with van der Waals surface area (Å²) in [6.07, 6.45) is 25.9. The van der Waals surface area contributed by atoms with E-state index in [4.69, 9.17) is 37.0 Å². The van der Waals surface area contributed by atoms with Crippen molar-refractivity contribution in [3.63, 3.8) is 0 Å². The van der Waals surface area contributed by atoms with Crippen molar-refractivity contribution in [2.75, 3.05) is 39.6 Å². The van der Waals surface area contributed by atoms with Crippen LogP contribution in [-0.4, -0.2) is 96.7 Å².